The highest BCUT2D eigenvalue weighted by atomic mass is 16.7. The fourth-order valence-electron chi connectivity index (χ4n) is 3.27. The zero-order chi connectivity index (χ0) is 15.5. The Morgan fingerprint density at radius 2 is 2.09 bits per heavy atom. The molecule has 1 aromatic heterocycles. The van der Waals surface area contributed by atoms with Crippen molar-refractivity contribution in [2.24, 2.45) is 0 Å². The molecule has 0 aliphatic carbocycles. The smallest absolute Gasteiger partial charge is 0.344 e. The van der Waals surface area contributed by atoms with E-state index in [2.05, 4.69) is 4.98 Å². The molecule has 116 valence electrons. The van der Waals surface area contributed by atoms with Gasteiger partial charge in [0.25, 0.3) is 0 Å². The van der Waals surface area contributed by atoms with Gasteiger partial charge in [0.15, 0.2) is 6.10 Å². The van der Waals surface area contributed by atoms with Gasteiger partial charge >= 0.3 is 5.97 Å². The van der Waals surface area contributed by atoms with E-state index in [0.717, 1.165) is 10.9 Å². The number of rotatable bonds is 2. The fourth-order valence-corrected chi connectivity index (χ4v) is 3.27. The minimum Gasteiger partial charge on any atom is -0.451 e. The molecular weight excluding hydrogens is 290 g/mol. The highest BCUT2D eigenvalue weighted by Crippen LogP contribution is 2.45. The van der Waals surface area contributed by atoms with Gasteiger partial charge in [-0.05, 0) is 11.6 Å². The third kappa shape index (κ3) is 1.56. The molecule has 2 aliphatic heterocycles. The fraction of sp³-hybridized carbons (Fsp3) is 0.400. The summed E-state index contributed by atoms with van der Waals surface area (Å²) in [6.45, 7) is -0.204. The minimum absolute atomic E-state index is 0.185. The molecule has 4 N–H and O–H groups in total. The molecule has 0 bridgehead atoms. The third-order valence-corrected chi connectivity index (χ3v) is 4.49. The van der Waals surface area contributed by atoms with E-state index in [1.54, 1.807) is 6.20 Å². The normalized spacial score (nSPS) is 37.5. The molecule has 4 atom stereocenters. The van der Waals surface area contributed by atoms with Gasteiger partial charge in [0, 0.05) is 23.5 Å². The lowest BCUT2D eigenvalue weighted by molar-refractivity contribution is -0.262. The van der Waals surface area contributed by atoms with Crippen LogP contribution < -0.4 is 0 Å². The van der Waals surface area contributed by atoms with Gasteiger partial charge in [-0.25, -0.2) is 4.79 Å². The molecule has 2 saturated heterocycles. The number of para-hydroxylation sites is 1. The van der Waals surface area contributed by atoms with Crippen LogP contribution in [0.1, 0.15) is 5.56 Å². The van der Waals surface area contributed by atoms with Crippen LogP contribution in [-0.2, 0) is 20.7 Å². The second-order valence-corrected chi connectivity index (χ2v) is 5.80. The molecule has 2 unspecified atom stereocenters. The number of aromatic nitrogens is 1. The van der Waals surface area contributed by atoms with Crippen molar-refractivity contribution in [3.63, 3.8) is 0 Å². The standard InChI is InChI=1S/C15H15NO6/c17-11-7-21-15(20)12(11)22-13(18)14(15,19)5-8-6-16-10-4-2-1-3-9(8)10/h1-4,6,11-12,16-17,19-20H,5,7H2/t11-,12+,14?,15?/m0/s1. The largest absolute Gasteiger partial charge is 0.451 e. The van der Waals surface area contributed by atoms with Crippen LogP contribution >= 0.6 is 0 Å². The molecule has 2 aliphatic rings. The first kappa shape index (κ1) is 13.7. The Morgan fingerprint density at radius 1 is 1.32 bits per heavy atom. The van der Waals surface area contributed by atoms with E-state index in [-0.39, 0.29) is 13.0 Å². The number of esters is 1. The molecule has 0 amide bonds. The van der Waals surface area contributed by atoms with E-state index in [1.807, 2.05) is 24.3 Å². The predicted molar refractivity (Wildman–Crippen MR) is 73.7 cm³/mol. The number of carbonyl (C=O) groups excluding carboxylic acids is 1. The van der Waals surface area contributed by atoms with Crippen LogP contribution in [0.3, 0.4) is 0 Å². The van der Waals surface area contributed by atoms with E-state index in [9.17, 15) is 20.1 Å². The average molecular weight is 305 g/mol. The van der Waals surface area contributed by atoms with E-state index in [0.29, 0.717) is 5.56 Å². The molecule has 7 heteroatoms. The van der Waals surface area contributed by atoms with Gasteiger partial charge < -0.3 is 29.8 Å². The van der Waals surface area contributed by atoms with E-state index in [1.165, 1.54) is 0 Å². The summed E-state index contributed by atoms with van der Waals surface area (Å²) in [7, 11) is 0. The number of hydrogen-bond donors (Lipinski definition) is 4. The van der Waals surface area contributed by atoms with Gasteiger partial charge in [-0.3, -0.25) is 0 Å². The number of nitrogens with one attached hydrogen (secondary N) is 1. The molecule has 2 aromatic rings. The van der Waals surface area contributed by atoms with Gasteiger partial charge in [0.2, 0.25) is 11.4 Å². The highest BCUT2D eigenvalue weighted by molar-refractivity contribution is 5.87. The molecule has 0 spiro atoms. The van der Waals surface area contributed by atoms with Crippen molar-refractivity contribution in [1.82, 2.24) is 4.98 Å². The van der Waals surface area contributed by atoms with E-state index < -0.39 is 29.6 Å². The lowest BCUT2D eigenvalue weighted by Crippen LogP contribution is -2.59. The maximum atomic E-state index is 12.1. The first-order chi connectivity index (χ1) is 10.5. The quantitative estimate of drug-likeness (QED) is 0.554. The van der Waals surface area contributed by atoms with E-state index >= 15 is 0 Å². The van der Waals surface area contributed by atoms with Crippen molar-refractivity contribution < 1.29 is 29.6 Å². The van der Waals surface area contributed by atoms with Crippen LogP contribution in [0.15, 0.2) is 30.5 Å². The van der Waals surface area contributed by atoms with Crippen molar-refractivity contribution in [2.75, 3.05) is 6.61 Å². The van der Waals surface area contributed by atoms with Crippen LogP contribution in [0.5, 0.6) is 0 Å². The first-order valence-corrected chi connectivity index (χ1v) is 6.98. The maximum Gasteiger partial charge on any atom is 0.344 e. The lowest BCUT2D eigenvalue weighted by Gasteiger charge is -2.31. The Hall–Kier alpha value is -1.93. The molecule has 3 heterocycles. The number of aromatic amines is 1. The number of aliphatic hydroxyl groups is 3. The first-order valence-electron chi connectivity index (χ1n) is 6.98. The number of benzene rings is 1. The van der Waals surface area contributed by atoms with Crippen LogP contribution in [0.2, 0.25) is 0 Å². The third-order valence-electron chi connectivity index (χ3n) is 4.49. The van der Waals surface area contributed by atoms with Crippen molar-refractivity contribution in [3.8, 4) is 0 Å². The second-order valence-electron chi connectivity index (χ2n) is 5.80. The van der Waals surface area contributed by atoms with E-state index in [4.69, 9.17) is 9.47 Å². The summed E-state index contributed by atoms with van der Waals surface area (Å²) in [5.74, 6) is -3.24. The summed E-state index contributed by atoms with van der Waals surface area (Å²) >= 11 is 0. The van der Waals surface area contributed by atoms with Crippen molar-refractivity contribution in [1.29, 1.82) is 0 Å². The summed E-state index contributed by atoms with van der Waals surface area (Å²) in [4.78, 5) is 15.1. The van der Waals surface area contributed by atoms with Crippen molar-refractivity contribution >= 4 is 16.9 Å². The maximum absolute atomic E-state index is 12.1. The molecule has 0 saturated carbocycles. The molecule has 1 aromatic carbocycles. The average Bonchev–Trinajstić information content (AvgIpc) is 3.09. The molecule has 22 heavy (non-hydrogen) atoms. The number of ether oxygens (including phenoxy) is 2. The Labute approximate surface area is 125 Å². The molecular formula is C15H15NO6. The minimum atomic E-state index is -2.26. The molecule has 4 rings (SSSR count). The summed E-state index contributed by atoms with van der Waals surface area (Å²) in [6.07, 6.45) is -0.964. The second kappa shape index (κ2) is 4.30. The van der Waals surface area contributed by atoms with Gasteiger partial charge in [0.1, 0.15) is 6.10 Å². The van der Waals surface area contributed by atoms with Gasteiger partial charge in [0.05, 0.1) is 6.61 Å². The van der Waals surface area contributed by atoms with Crippen molar-refractivity contribution in [2.45, 2.75) is 30.0 Å². The molecule has 2 fully saturated rings. The van der Waals surface area contributed by atoms with Crippen LogP contribution in [-0.4, -0.2) is 56.5 Å². The van der Waals surface area contributed by atoms with Gasteiger partial charge in [-0.15, -0.1) is 0 Å². The van der Waals surface area contributed by atoms with Gasteiger partial charge in [-0.1, -0.05) is 18.2 Å². The number of fused-ring (bicyclic) bond motifs is 2. The summed E-state index contributed by atoms with van der Waals surface area (Å²) in [5, 5.41) is 31.9. The zero-order valence-corrected chi connectivity index (χ0v) is 11.5. The molecule has 7 nitrogen and oxygen atoms in total. The Bertz CT molecular complexity index is 757. The summed E-state index contributed by atoms with van der Waals surface area (Å²) < 4.78 is 10.1. The monoisotopic (exact) mass is 305 g/mol. The Kier molecular flexibility index (Phi) is 2.68. The van der Waals surface area contributed by atoms with Crippen LogP contribution in [0, 0.1) is 0 Å². The number of H-pyrrole nitrogens is 1. The predicted octanol–water partition coefficient (Wildman–Crippen LogP) is -0.553. The topological polar surface area (TPSA) is 112 Å². The number of hydrogen-bond acceptors (Lipinski definition) is 6. The lowest BCUT2D eigenvalue weighted by atomic mass is 9.85. The van der Waals surface area contributed by atoms with Crippen LogP contribution in [0.4, 0.5) is 0 Å². The summed E-state index contributed by atoms with van der Waals surface area (Å²) in [6, 6.07) is 7.41. The SMILES string of the molecule is O=C1O[C@@H]2[C@@H](O)COC2(O)C1(O)Cc1c[nH]c2ccccc12. The highest BCUT2D eigenvalue weighted by Gasteiger charge is 2.73. The Balaban J connectivity index is 1.76. The van der Waals surface area contributed by atoms with Crippen LogP contribution in [0.25, 0.3) is 10.9 Å². The zero-order valence-electron chi connectivity index (χ0n) is 11.5. The number of carbonyl (C=O) groups is 1. The summed E-state index contributed by atoms with van der Waals surface area (Å²) in [5.41, 5.74) is -0.766. The van der Waals surface area contributed by atoms with Gasteiger partial charge in [-0.2, -0.15) is 0 Å². The van der Waals surface area contributed by atoms with Crippen molar-refractivity contribution in [3.05, 3.63) is 36.0 Å². The Morgan fingerprint density at radius 3 is 2.91 bits per heavy atom. The molecule has 0 radical (unpaired) electrons. The number of aliphatic hydroxyl groups excluding tert-OH is 1.